The van der Waals surface area contributed by atoms with E-state index in [0.717, 1.165) is 12.3 Å². The number of nitrogens with two attached hydrogens (primary N) is 1. The van der Waals surface area contributed by atoms with Gasteiger partial charge in [0.1, 0.15) is 0 Å². The maximum absolute atomic E-state index is 12.5. The summed E-state index contributed by atoms with van der Waals surface area (Å²) in [6.45, 7) is 6.73. The Hall–Kier alpha value is -0.330. The lowest BCUT2D eigenvalue weighted by molar-refractivity contribution is -0.152. The first-order chi connectivity index (χ1) is 9.77. The van der Waals surface area contributed by atoms with E-state index in [1.807, 2.05) is 0 Å². The molecular formula is C15H28F3N3. The molecule has 1 saturated carbocycles. The van der Waals surface area contributed by atoms with Gasteiger partial charge in [-0.2, -0.15) is 13.2 Å². The first-order valence-corrected chi connectivity index (χ1v) is 8.01. The fourth-order valence-electron chi connectivity index (χ4n) is 4.19. The van der Waals surface area contributed by atoms with E-state index in [0.29, 0.717) is 38.6 Å². The Labute approximate surface area is 125 Å². The summed E-state index contributed by atoms with van der Waals surface area (Å²) in [6, 6.07) is 0. The van der Waals surface area contributed by atoms with Crippen molar-refractivity contribution in [2.45, 2.75) is 44.8 Å². The van der Waals surface area contributed by atoms with E-state index < -0.39 is 12.7 Å². The zero-order chi connectivity index (χ0) is 15.7. The zero-order valence-electron chi connectivity index (χ0n) is 13.1. The van der Waals surface area contributed by atoms with Crippen LogP contribution in [0.4, 0.5) is 13.2 Å². The maximum Gasteiger partial charge on any atom is 0.401 e. The lowest BCUT2D eigenvalue weighted by Gasteiger charge is -2.53. The zero-order valence-corrected chi connectivity index (χ0v) is 13.1. The average molecular weight is 307 g/mol. The van der Waals surface area contributed by atoms with Crippen LogP contribution >= 0.6 is 0 Å². The SMILES string of the molecule is CC1CCC(CN)(N2CCN(CC(F)(F)F)CC2)C(C)C1. The maximum atomic E-state index is 12.5. The van der Waals surface area contributed by atoms with E-state index in [1.54, 1.807) is 0 Å². The molecule has 2 rings (SSSR count). The largest absolute Gasteiger partial charge is 0.401 e. The molecule has 21 heavy (non-hydrogen) atoms. The third-order valence-electron chi connectivity index (χ3n) is 5.50. The lowest BCUT2D eigenvalue weighted by atomic mass is 9.68. The summed E-state index contributed by atoms with van der Waals surface area (Å²) in [4.78, 5) is 3.88. The molecular weight excluding hydrogens is 279 g/mol. The second kappa shape index (κ2) is 6.42. The van der Waals surface area contributed by atoms with Crippen LogP contribution in [0.5, 0.6) is 0 Å². The molecule has 0 amide bonds. The van der Waals surface area contributed by atoms with Crippen LogP contribution in [0.2, 0.25) is 0 Å². The number of nitrogens with zero attached hydrogens (tertiary/aromatic N) is 2. The van der Waals surface area contributed by atoms with Crippen LogP contribution in [0.1, 0.15) is 33.1 Å². The highest BCUT2D eigenvalue weighted by Gasteiger charge is 2.45. The van der Waals surface area contributed by atoms with Gasteiger partial charge in [0.25, 0.3) is 0 Å². The van der Waals surface area contributed by atoms with Gasteiger partial charge in [-0.25, -0.2) is 0 Å². The van der Waals surface area contributed by atoms with Gasteiger partial charge >= 0.3 is 6.18 Å². The molecule has 1 aliphatic heterocycles. The van der Waals surface area contributed by atoms with Crippen LogP contribution in [0, 0.1) is 11.8 Å². The summed E-state index contributed by atoms with van der Waals surface area (Å²) in [7, 11) is 0. The van der Waals surface area contributed by atoms with E-state index in [9.17, 15) is 13.2 Å². The van der Waals surface area contributed by atoms with E-state index >= 15 is 0 Å². The van der Waals surface area contributed by atoms with Crippen LogP contribution in [0.3, 0.4) is 0 Å². The fourth-order valence-corrected chi connectivity index (χ4v) is 4.19. The van der Waals surface area contributed by atoms with Gasteiger partial charge in [-0.3, -0.25) is 9.80 Å². The number of rotatable bonds is 3. The molecule has 2 N–H and O–H groups in total. The summed E-state index contributed by atoms with van der Waals surface area (Å²) in [5.41, 5.74) is 6.10. The van der Waals surface area contributed by atoms with Crippen molar-refractivity contribution in [3.05, 3.63) is 0 Å². The molecule has 2 aliphatic rings. The van der Waals surface area contributed by atoms with Gasteiger partial charge < -0.3 is 5.73 Å². The molecule has 3 nitrogen and oxygen atoms in total. The van der Waals surface area contributed by atoms with Crippen molar-refractivity contribution in [3.63, 3.8) is 0 Å². The van der Waals surface area contributed by atoms with Gasteiger partial charge in [0, 0.05) is 38.3 Å². The molecule has 3 unspecified atom stereocenters. The summed E-state index contributed by atoms with van der Waals surface area (Å²) in [6.07, 6.45) is -0.684. The normalized spacial score (nSPS) is 36.9. The van der Waals surface area contributed by atoms with E-state index in [2.05, 4.69) is 18.7 Å². The molecule has 0 aromatic rings. The third kappa shape index (κ3) is 3.90. The Morgan fingerprint density at radius 1 is 1.14 bits per heavy atom. The summed E-state index contributed by atoms with van der Waals surface area (Å²) in [5, 5.41) is 0. The van der Waals surface area contributed by atoms with Crippen molar-refractivity contribution in [2.75, 3.05) is 39.3 Å². The highest BCUT2D eigenvalue weighted by Crippen LogP contribution is 2.40. The average Bonchev–Trinajstić information content (AvgIpc) is 2.39. The molecule has 0 radical (unpaired) electrons. The molecule has 1 heterocycles. The van der Waals surface area contributed by atoms with Crippen LogP contribution in [-0.2, 0) is 0 Å². The predicted molar refractivity (Wildman–Crippen MR) is 78.0 cm³/mol. The highest BCUT2D eigenvalue weighted by molar-refractivity contribution is 5.00. The van der Waals surface area contributed by atoms with Crippen LogP contribution in [0.15, 0.2) is 0 Å². The molecule has 2 fully saturated rings. The molecule has 0 bridgehead atoms. The van der Waals surface area contributed by atoms with Gasteiger partial charge in [0.2, 0.25) is 0 Å². The van der Waals surface area contributed by atoms with Gasteiger partial charge in [0.05, 0.1) is 6.54 Å². The van der Waals surface area contributed by atoms with Gasteiger partial charge in [-0.1, -0.05) is 13.8 Å². The molecule has 6 heteroatoms. The van der Waals surface area contributed by atoms with Crippen molar-refractivity contribution >= 4 is 0 Å². The van der Waals surface area contributed by atoms with Crippen molar-refractivity contribution in [3.8, 4) is 0 Å². The smallest absolute Gasteiger partial charge is 0.329 e. The van der Waals surface area contributed by atoms with E-state index in [1.165, 1.54) is 17.7 Å². The Morgan fingerprint density at radius 3 is 2.24 bits per heavy atom. The first-order valence-electron chi connectivity index (χ1n) is 8.01. The van der Waals surface area contributed by atoms with E-state index in [4.69, 9.17) is 5.73 Å². The van der Waals surface area contributed by atoms with Crippen LogP contribution in [0.25, 0.3) is 0 Å². The summed E-state index contributed by atoms with van der Waals surface area (Å²) in [5.74, 6) is 1.24. The molecule has 0 aromatic heterocycles. The second-order valence-electron chi connectivity index (χ2n) is 6.97. The molecule has 3 atom stereocenters. The number of piperazine rings is 1. The Kier molecular flexibility index (Phi) is 5.21. The van der Waals surface area contributed by atoms with Crippen molar-refractivity contribution < 1.29 is 13.2 Å². The van der Waals surface area contributed by atoms with Crippen LogP contribution < -0.4 is 5.73 Å². The summed E-state index contributed by atoms with van der Waals surface area (Å²) < 4.78 is 37.4. The fraction of sp³-hybridized carbons (Fsp3) is 1.00. The minimum atomic E-state index is -4.10. The minimum absolute atomic E-state index is 0.00314. The summed E-state index contributed by atoms with van der Waals surface area (Å²) >= 11 is 0. The lowest BCUT2D eigenvalue weighted by Crippen LogP contribution is -2.64. The Balaban J connectivity index is 1.96. The quantitative estimate of drug-likeness (QED) is 0.868. The van der Waals surface area contributed by atoms with E-state index in [-0.39, 0.29) is 5.54 Å². The molecule has 0 spiro atoms. The van der Waals surface area contributed by atoms with Crippen LogP contribution in [-0.4, -0.2) is 60.8 Å². The standard InChI is InChI=1S/C15H28F3N3/c1-12-3-4-14(10-19,13(2)9-12)21-7-5-20(6-8-21)11-15(16,17)18/h12-13H,3-11,19H2,1-2H3. The Morgan fingerprint density at radius 2 is 1.76 bits per heavy atom. The highest BCUT2D eigenvalue weighted by atomic mass is 19.4. The second-order valence-corrected chi connectivity index (χ2v) is 6.97. The first kappa shape index (κ1) is 17.0. The monoisotopic (exact) mass is 307 g/mol. The molecule has 1 aliphatic carbocycles. The number of hydrogen-bond acceptors (Lipinski definition) is 3. The Bertz CT molecular complexity index is 340. The minimum Gasteiger partial charge on any atom is -0.329 e. The number of alkyl halides is 3. The topological polar surface area (TPSA) is 32.5 Å². The number of hydrogen-bond donors (Lipinski definition) is 1. The molecule has 124 valence electrons. The predicted octanol–water partition coefficient (Wildman–Crippen LogP) is 2.32. The molecule has 1 saturated heterocycles. The third-order valence-corrected chi connectivity index (χ3v) is 5.50. The number of halogens is 3. The van der Waals surface area contributed by atoms with Gasteiger partial charge in [-0.15, -0.1) is 0 Å². The van der Waals surface area contributed by atoms with Gasteiger partial charge in [0.15, 0.2) is 0 Å². The van der Waals surface area contributed by atoms with Gasteiger partial charge in [-0.05, 0) is 31.1 Å². The molecule has 0 aromatic carbocycles. The van der Waals surface area contributed by atoms with Crippen molar-refractivity contribution in [1.29, 1.82) is 0 Å². The van der Waals surface area contributed by atoms with Crippen molar-refractivity contribution in [2.24, 2.45) is 17.6 Å². The van der Waals surface area contributed by atoms with Crippen molar-refractivity contribution in [1.82, 2.24) is 9.80 Å².